The van der Waals surface area contributed by atoms with Crippen LogP contribution in [0.25, 0.3) is 0 Å². The van der Waals surface area contributed by atoms with E-state index >= 15 is 0 Å². The molecule has 30 heavy (non-hydrogen) atoms. The second kappa shape index (κ2) is 9.36. The summed E-state index contributed by atoms with van der Waals surface area (Å²) in [5.41, 5.74) is 0.810. The molecule has 1 aliphatic rings. The van der Waals surface area contributed by atoms with Crippen molar-refractivity contribution < 1.29 is 27.4 Å². The number of nitrogens with one attached hydrogen (secondary N) is 1. The van der Waals surface area contributed by atoms with E-state index in [-0.39, 0.29) is 22.9 Å². The summed E-state index contributed by atoms with van der Waals surface area (Å²) in [6.07, 6.45) is 1.88. The van der Waals surface area contributed by atoms with Crippen LogP contribution < -0.4 is 18.9 Å². The van der Waals surface area contributed by atoms with Gasteiger partial charge in [0.1, 0.15) is 17.2 Å². The zero-order valence-electron chi connectivity index (χ0n) is 17.3. The highest BCUT2D eigenvalue weighted by Crippen LogP contribution is 2.29. The van der Waals surface area contributed by atoms with Gasteiger partial charge in [-0.2, -0.15) is 0 Å². The van der Waals surface area contributed by atoms with E-state index in [4.69, 9.17) is 14.2 Å². The first-order valence-corrected chi connectivity index (χ1v) is 11.1. The smallest absolute Gasteiger partial charge is 0.257 e. The number of carbonyl (C=O) groups is 1. The first-order chi connectivity index (χ1) is 14.4. The predicted octanol–water partition coefficient (Wildman–Crippen LogP) is 2.43. The highest BCUT2D eigenvalue weighted by molar-refractivity contribution is 7.89. The summed E-state index contributed by atoms with van der Waals surface area (Å²) < 4.78 is 44.4. The topological polar surface area (TPSA) is 94.2 Å². The zero-order chi connectivity index (χ0) is 21.7. The number of ether oxygens (including phenoxy) is 3. The average Bonchev–Trinajstić information content (AvgIpc) is 3.31. The molecule has 0 bridgehead atoms. The molecule has 0 aliphatic carbocycles. The molecule has 3 rings (SSSR count). The summed E-state index contributed by atoms with van der Waals surface area (Å²) in [5.74, 6) is 1.14. The van der Waals surface area contributed by atoms with Gasteiger partial charge in [0.05, 0.1) is 37.4 Å². The third-order valence-corrected chi connectivity index (χ3v) is 6.47. The minimum Gasteiger partial charge on any atom is -0.496 e. The molecule has 1 N–H and O–H groups in total. The van der Waals surface area contributed by atoms with E-state index in [1.54, 1.807) is 23.1 Å². The van der Waals surface area contributed by atoms with Crippen molar-refractivity contribution in [2.24, 2.45) is 0 Å². The Balaban J connectivity index is 1.88. The van der Waals surface area contributed by atoms with Crippen molar-refractivity contribution in [3.05, 3.63) is 47.5 Å². The molecule has 1 fully saturated rings. The van der Waals surface area contributed by atoms with Crippen molar-refractivity contribution >= 4 is 15.9 Å². The number of methoxy groups -OCH3 is 3. The molecular formula is C21H26N2O6S. The molecule has 1 aliphatic heterocycles. The van der Waals surface area contributed by atoms with Gasteiger partial charge >= 0.3 is 0 Å². The molecule has 8 nitrogen and oxygen atoms in total. The molecule has 2 aromatic carbocycles. The number of sulfonamides is 1. The standard InChI is InChI=1S/C21H26N2O6S/c1-27-18-7-6-8-19(28-2)17(18)14-22-30(25,26)15-9-10-20(29-3)16(13-15)21(24)23-11-4-5-12-23/h6-10,13,22H,4-5,11-12,14H2,1-3H3. The first-order valence-electron chi connectivity index (χ1n) is 9.58. The van der Waals surface area contributed by atoms with Gasteiger partial charge in [-0.1, -0.05) is 6.07 Å². The zero-order valence-corrected chi connectivity index (χ0v) is 18.1. The van der Waals surface area contributed by atoms with Crippen LogP contribution >= 0.6 is 0 Å². The Morgan fingerprint density at radius 2 is 1.57 bits per heavy atom. The van der Waals surface area contributed by atoms with Gasteiger partial charge in [0.25, 0.3) is 5.91 Å². The highest BCUT2D eigenvalue weighted by Gasteiger charge is 2.25. The number of amides is 1. The number of likely N-dealkylation sites (tertiary alicyclic amines) is 1. The van der Waals surface area contributed by atoms with Gasteiger partial charge < -0.3 is 19.1 Å². The largest absolute Gasteiger partial charge is 0.496 e. The van der Waals surface area contributed by atoms with E-state index in [1.807, 2.05) is 0 Å². The van der Waals surface area contributed by atoms with Crippen LogP contribution in [0.4, 0.5) is 0 Å². The molecule has 0 atom stereocenters. The maximum atomic E-state index is 12.9. The Hall–Kier alpha value is -2.78. The van der Waals surface area contributed by atoms with Crippen molar-refractivity contribution in [3.63, 3.8) is 0 Å². The molecule has 162 valence electrons. The monoisotopic (exact) mass is 434 g/mol. The highest BCUT2D eigenvalue weighted by atomic mass is 32.2. The minimum absolute atomic E-state index is 0.0142. The van der Waals surface area contributed by atoms with E-state index in [0.717, 1.165) is 12.8 Å². The molecule has 1 saturated heterocycles. The van der Waals surface area contributed by atoms with E-state index in [9.17, 15) is 13.2 Å². The molecule has 0 spiro atoms. The summed E-state index contributed by atoms with van der Waals surface area (Å²) in [4.78, 5) is 14.5. The van der Waals surface area contributed by atoms with Crippen molar-refractivity contribution in [2.45, 2.75) is 24.3 Å². The van der Waals surface area contributed by atoms with Gasteiger partial charge in [-0.15, -0.1) is 0 Å². The summed E-state index contributed by atoms with van der Waals surface area (Å²) in [6, 6.07) is 9.50. The van der Waals surface area contributed by atoms with Crippen LogP contribution in [0.2, 0.25) is 0 Å². The van der Waals surface area contributed by atoms with E-state index in [0.29, 0.717) is 35.9 Å². The fourth-order valence-electron chi connectivity index (χ4n) is 3.46. The first kappa shape index (κ1) is 21.9. The Bertz CT molecular complexity index is 994. The Morgan fingerprint density at radius 3 is 2.13 bits per heavy atom. The number of rotatable bonds is 8. The Kier molecular flexibility index (Phi) is 6.84. The van der Waals surface area contributed by atoms with Gasteiger partial charge in [0.2, 0.25) is 10.0 Å². The number of nitrogens with zero attached hydrogens (tertiary/aromatic N) is 1. The lowest BCUT2D eigenvalue weighted by Gasteiger charge is -2.18. The number of hydrogen-bond donors (Lipinski definition) is 1. The lowest BCUT2D eigenvalue weighted by Crippen LogP contribution is -2.29. The van der Waals surface area contributed by atoms with Crippen LogP contribution in [-0.4, -0.2) is 53.6 Å². The van der Waals surface area contributed by atoms with Crippen molar-refractivity contribution in [2.75, 3.05) is 34.4 Å². The second-order valence-electron chi connectivity index (χ2n) is 6.83. The SMILES string of the molecule is COc1ccc(S(=O)(=O)NCc2c(OC)cccc2OC)cc1C(=O)N1CCCC1. The summed E-state index contributed by atoms with van der Waals surface area (Å²) in [7, 11) is 0.567. The van der Waals surface area contributed by atoms with Crippen LogP contribution in [-0.2, 0) is 16.6 Å². The number of carbonyl (C=O) groups excluding carboxylic acids is 1. The van der Waals surface area contributed by atoms with Crippen LogP contribution in [0.1, 0.15) is 28.8 Å². The van der Waals surface area contributed by atoms with Crippen LogP contribution in [0.15, 0.2) is 41.3 Å². The van der Waals surface area contributed by atoms with E-state index in [1.165, 1.54) is 39.5 Å². The quantitative estimate of drug-likeness (QED) is 0.686. The summed E-state index contributed by atoms with van der Waals surface area (Å²) >= 11 is 0. The molecule has 1 amide bonds. The molecule has 1 heterocycles. The van der Waals surface area contributed by atoms with Crippen LogP contribution in [0.3, 0.4) is 0 Å². The molecule has 2 aromatic rings. The normalized spacial score (nSPS) is 13.9. The van der Waals surface area contributed by atoms with Crippen molar-refractivity contribution in [3.8, 4) is 17.2 Å². The van der Waals surface area contributed by atoms with Crippen molar-refractivity contribution in [1.82, 2.24) is 9.62 Å². The van der Waals surface area contributed by atoms with Gasteiger partial charge in [-0.3, -0.25) is 4.79 Å². The average molecular weight is 435 g/mol. The molecule has 0 unspecified atom stereocenters. The third kappa shape index (κ3) is 4.52. The van der Waals surface area contributed by atoms with Gasteiger partial charge in [0.15, 0.2) is 0 Å². The minimum atomic E-state index is -3.90. The Labute approximate surface area is 176 Å². The lowest BCUT2D eigenvalue weighted by molar-refractivity contribution is 0.0789. The molecule has 0 saturated carbocycles. The fraction of sp³-hybridized carbons (Fsp3) is 0.381. The van der Waals surface area contributed by atoms with Gasteiger partial charge in [-0.25, -0.2) is 13.1 Å². The van der Waals surface area contributed by atoms with E-state index in [2.05, 4.69) is 4.72 Å². The number of hydrogen-bond acceptors (Lipinski definition) is 6. The van der Waals surface area contributed by atoms with Crippen LogP contribution in [0.5, 0.6) is 17.2 Å². The molecular weight excluding hydrogens is 408 g/mol. The maximum absolute atomic E-state index is 12.9. The molecule has 9 heteroatoms. The van der Waals surface area contributed by atoms with Crippen LogP contribution in [0, 0.1) is 0 Å². The number of benzene rings is 2. The summed E-state index contributed by atoms with van der Waals surface area (Å²) in [5, 5.41) is 0. The Morgan fingerprint density at radius 1 is 0.967 bits per heavy atom. The second-order valence-corrected chi connectivity index (χ2v) is 8.59. The molecule has 0 radical (unpaired) electrons. The van der Waals surface area contributed by atoms with E-state index < -0.39 is 10.0 Å². The van der Waals surface area contributed by atoms with Gasteiger partial charge in [0, 0.05) is 19.6 Å². The fourth-order valence-corrected chi connectivity index (χ4v) is 4.49. The predicted molar refractivity (Wildman–Crippen MR) is 112 cm³/mol. The maximum Gasteiger partial charge on any atom is 0.257 e. The third-order valence-electron chi connectivity index (χ3n) is 5.07. The van der Waals surface area contributed by atoms with Crippen molar-refractivity contribution in [1.29, 1.82) is 0 Å². The van der Waals surface area contributed by atoms with Gasteiger partial charge in [-0.05, 0) is 43.2 Å². The summed E-state index contributed by atoms with van der Waals surface area (Å²) in [6.45, 7) is 1.28. The molecule has 0 aromatic heterocycles. The lowest BCUT2D eigenvalue weighted by atomic mass is 10.1.